The van der Waals surface area contributed by atoms with E-state index in [1.807, 2.05) is 13.2 Å². The van der Waals surface area contributed by atoms with Gasteiger partial charge in [-0.05, 0) is 6.07 Å². The van der Waals surface area contributed by atoms with E-state index >= 15 is 0 Å². The van der Waals surface area contributed by atoms with Crippen LogP contribution in [0.1, 0.15) is 0 Å². The molecule has 2 rings (SSSR count). The van der Waals surface area contributed by atoms with Gasteiger partial charge in [0.2, 0.25) is 0 Å². The zero-order valence-corrected chi connectivity index (χ0v) is 7.69. The molecule has 0 aromatic carbocycles. The van der Waals surface area contributed by atoms with Crippen LogP contribution in [0.3, 0.4) is 0 Å². The Labute approximate surface area is 80.2 Å². The molecule has 5 heteroatoms. The maximum atomic E-state index is 11.0. The molecule has 0 amide bonds. The smallest absolute Gasteiger partial charge is 0.271 e. The van der Waals surface area contributed by atoms with Crippen molar-refractivity contribution in [2.24, 2.45) is 7.05 Å². The minimum absolute atomic E-state index is 0.214. The van der Waals surface area contributed by atoms with Crippen LogP contribution in [0.25, 0.3) is 11.1 Å². The molecule has 0 bridgehead atoms. The second-order valence-corrected chi connectivity index (χ2v) is 3.08. The first-order chi connectivity index (χ1) is 6.66. The van der Waals surface area contributed by atoms with E-state index in [0.29, 0.717) is 0 Å². The molecule has 0 fully saturated rings. The van der Waals surface area contributed by atoms with E-state index < -0.39 is 0 Å². The largest absolute Gasteiger partial charge is 0.394 e. The number of nitrogens with zero attached hydrogens (tertiary/aromatic N) is 2. The Bertz CT molecular complexity index is 512. The van der Waals surface area contributed by atoms with Gasteiger partial charge in [-0.1, -0.05) is 0 Å². The molecule has 0 radical (unpaired) electrons. The van der Waals surface area contributed by atoms with Crippen LogP contribution in [0.2, 0.25) is 0 Å². The predicted molar refractivity (Wildman–Crippen MR) is 53.7 cm³/mol. The third kappa shape index (κ3) is 1.39. The van der Waals surface area contributed by atoms with Crippen LogP contribution in [0.5, 0.6) is 0 Å². The summed E-state index contributed by atoms with van der Waals surface area (Å²) >= 11 is 0. The zero-order valence-electron chi connectivity index (χ0n) is 7.69. The summed E-state index contributed by atoms with van der Waals surface area (Å²) < 4.78 is 1.69. The van der Waals surface area contributed by atoms with E-state index in [1.165, 1.54) is 0 Å². The highest BCUT2D eigenvalue weighted by Gasteiger charge is 2.02. The van der Waals surface area contributed by atoms with Gasteiger partial charge in [-0.25, -0.2) is 0 Å². The summed E-state index contributed by atoms with van der Waals surface area (Å²) in [5.74, 6) is 0. The lowest BCUT2D eigenvalue weighted by molar-refractivity contribution is 0.768. The molecule has 0 aliphatic heterocycles. The monoisotopic (exact) mass is 190 g/mol. The Balaban J connectivity index is 2.52. The molecule has 0 saturated carbocycles. The van der Waals surface area contributed by atoms with Crippen molar-refractivity contribution in [2.45, 2.75) is 0 Å². The number of aromatic amines is 1. The number of hydrogen-bond donors (Lipinski definition) is 2. The van der Waals surface area contributed by atoms with Crippen molar-refractivity contribution in [3.63, 3.8) is 0 Å². The number of nitrogens with two attached hydrogens (primary N) is 1. The van der Waals surface area contributed by atoms with Crippen molar-refractivity contribution in [2.75, 3.05) is 5.73 Å². The summed E-state index contributed by atoms with van der Waals surface area (Å²) in [6, 6.07) is 1.63. The van der Waals surface area contributed by atoms with Crippen molar-refractivity contribution >= 4 is 5.69 Å². The highest BCUT2D eigenvalue weighted by atomic mass is 16.1. The molecule has 0 aliphatic rings. The topological polar surface area (TPSA) is 76.7 Å². The summed E-state index contributed by atoms with van der Waals surface area (Å²) in [7, 11) is 1.83. The van der Waals surface area contributed by atoms with Crippen molar-refractivity contribution in [3.05, 3.63) is 35.0 Å². The summed E-state index contributed by atoms with van der Waals surface area (Å²) in [6.07, 6.45) is 5.19. The maximum Gasteiger partial charge on any atom is 0.271 e. The number of nitrogen functional groups attached to an aromatic ring is 1. The number of aromatic nitrogens is 3. The van der Waals surface area contributed by atoms with Crippen molar-refractivity contribution in [1.82, 2.24) is 14.8 Å². The highest BCUT2D eigenvalue weighted by Crippen LogP contribution is 2.17. The average Bonchev–Trinajstić information content (AvgIpc) is 2.57. The van der Waals surface area contributed by atoms with Gasteiger partial charge in [0.15, 0.2) is 0 Å². The van der Waals surface area contributed by atoms with Gasteiger partial charge < -0.3 is 10.7 Å². The number of nitrogens with one attached hydrogen (secondary N) is 1. The number of aryl methyl sites for hydroxylation is 1. The fourth-order valence-corrected chi connectivity index (χ4v) is 1.24. The van der Waals surface area contributed by atoms with Gasteiger partial charge in [-0.2, -0.15) is 5.10 Å². The fourth-order valence-electron chi connectivity index (χ4n) is 1.24. The molecular weight excluding hydrogens is 180 g/mol. The standard InChI is InChI=1S/C9H10N4O/c1-13-5-7(4-12-13)6-2-8(10)9(14)11-3-6/h2-5H,10H2,1H3,(H,11,14). The molecule has 0 unspecified atom stereocenters. The molecule has 14 heavy (non-hydrogen) atoms. The third-order valence-electron chi connectivity index (χ3n) is 1.97. The van der Waals surface area contributed by atoms with Gasteiger partial charge in [-0.15, -0.1) is 0 Å². The third-order valence-corrected chi connectivity index (χ3v) is 1.97. The van der Waals surface area contributed by atoms with E-state index in [0.717, 1.165) is 11.1 Å². The molecule has 2 heterocycles. The van der Waals surface area contributed by atoms with Crippen LogP contribution >= 0.6 is 0 Å². The van der Waals surface area contributed by atoms with Gasteiger partial charge in [0, 0.05) is 30.6 Å². The number of rotatable bonds is 1. The lowest BCUT2D eigenvalue weighted by atomic mass is 10.1. The lowest BCUT2D eigenvalue weighted by Crippen LogP contribution is -2.10. The first-order valence-corrected chi connectivity index (χ1v) is 4.14. The minimum atomic E-state index is -0.266. The molecule has 0 aliphatic carbocycles. The molecule has 0 spiro atoms. The Kier molecular flexibility index (Phi) is 1.85. The van der Waals surface area contributed by atoms with Crippen LogP contribution in [0.4, 0.5) is 5.69 Å². The molecule has 0 saturated heterocycles. The van der Waals surface area contributed by atoms with Gasteiger partial charge in [0.25, 0.3) is 5.56 Å². The van der Waals surface area contributed by atoms with Crippen LogP contribution < -0.4 is 11.3 Å². The SMILES string of the molecule is Cn1cc(-c2c[nH]c(=O)c(N)c2)cn1. The number of pyridine rings is 1. The van der Waals surface area contributed by atoms with Crippen LogP contribution in [0.15, 0.2) is 29.5 Å². The Morgan fingerprint density at radius 2 is 2.29 bits per heavy atom. The van der Waals surface area contributed by atoms with Crippen molar-refractivity contribution in [1.29, 1.82) is 0 Å². The first-order valence-electron chi connectivity index (χ1n) is 4.14. The minimum Gasteiger partial charge on any atom is -0.394 e. The number of anilines is 1. The van der Waals surface area contributed by atoms with E-state index in [-0.39, 0.29) is 11.2 Å². The molecular formula is C9H10N4O. The van der Waals surface area contributed by atoms with Crippen LogP contribution in [-0.4, -0.2) is 14.8 Å². The summed E-state index contributed by atoms with van der Waals surface area (Å²) in [5.41, 5.74) is 7.22. The second kappa shape index (κ2) is 3.02. The normalized spacial score (nSPS) is 10.4. The molecule has 2 aromatic heterocycles. The molecule has 72 valence electrons. The zero-order chi connectivity index (χ0) is 10.1. The molecule has 5 nitrogen and oxygen atoms in total. The van der Waals surface area contributed by atoms with Crippen molar-refractivity contribution < 1.29 is 0 Å². The van der Waals surface area contributed by atoms with Gasteiger partial charge in [-0.3, -0.25) is 9.48 Å². The van der Waals surface area contributed by atoms with Gasteiger partial charge >= 0.3 is 0 Å². The van der Waals surface area contributed by atoms with Gasteiger partial charge in [0.1, 0.15) is 0 Å². The quantitative estimate of drug-likeness (QED) is 0.681. The average molecular weight is 190 g/mol. The lowest BCUT2D eigenvalue weighted by Gasteiger charge is -1.97. The van der Waals surface area contributed by atoms with Crippen LogP contribution in [0, 0.1) is 0 Å². The van der Waals surface area contributed by atoms with Gasteiger partial charge in [0.05, 0.1) is 11.9 Å². The maximum absolute atomic E-state index is 11.0. The highest BCUT2D eigenvalue weighted by molar-refractivity contribution is 5.64. The fraction of sp³-hybridized carbons (Fsp3) is 0.111. The Morgan fingerprint density at radius 1 is 1.50 bits per heavy atom. The summed E-state index contributed by atoms with van der Waals surface area (Å²) in [5, 5.41) is 4.03. The molecule has 2 aromatic rings. The number of H-pyrrole nitrogens is 1. The second-order valence-electron chi connectivity index (χ2n) is 3.08. The van der Waals surface area contributed by atoms with E-state index in [9.17, 15) is 4.79 Å². The molecule has 3 N–H and O–H groups in total. The number of hydrogen-bond acceptors (Lipinski definition) is 3. The van der Waals surface area contributed by atoms with Crippen LogP contribution in [-0.2, 0) is 7.05 Å². The summed E-state index contributed by atoms with van der Waals surface area (Å²) in [6.45, 7) is 0. The predicted octanol–water partition coefficient (Wildman–Crippen LogP) is 0.358. The first kappa shape index (κ1) is 8.55. The van der Waals surface area contributed by atoms with E-state index in [2.05, 4.69) is 10.1 Å². The van der Waals surface area contributed by atoms with E-state index in [1.54, 1.807) is 23.1 Å². The summed E-state index contributed by atoms with van der Waals surface area (Å²) in [4.78, 5) is 13.6. The van der Waals surface area contributed by atoms with E-state index in [4.69, 9.17) is 5.73 Å². The Morgan fingerprint density at radius 3 is 2.86 bits per heavy atom. The molecule has 0 atom stereocenters. The van der Waals surface area contributed by atoms with Crippen molar-refractivity contribution in [3.8, 4) is 11.1 Å². The Hall–Kier alpha value is -2.04.